The van der Waals surface area contributed by atoms with E-state index in [2.05, 4.69) is 52.2 Å². The largest absolute Gasteiger partial charge is 0.448 e. The van der Waals surface area contributed by atoms with Crippen LogP contribution in [0.25, 0.3) is 0 Å². The van der Waals surface area contributed by atoms with Crippen molar-refractivity contribution in [2.45, 2.75) is 30.0 Å². The lowest BCUT2D eigenvalue weighted by molar-refractivity contribution is -0.154. The summed E-state index contributed by atoms with van der Waals surface area (Å²) in [5, 5.41) is 11.9. The molecule has 1 aromatic heterocycles. The van der Waals surface area contributed by atoms with Gasteiger partial charge in [-0.15, -0.1) is 23.1 Å². The molecular weight excluding hydrogens is 827 g/mol. The van der Waals surface area contributed by atoms with Crippen molar-refractivity contribution in [3.8, 4) is 0 Å². The standard InChI is InChI=1S/C47H39N5O6S3/c1-30(53)61-37-29-59-44-39(43(55)52(44)40(37)45(56)58-41(31-18-8-3-9-19-31)32-20-10-4-11-21-32)49-42(54)38(51-57-2)36-28-60-46(48-36)50-47(33-22-12-5-13-23-33,34-24-14-6-15-25-34)35-26-16-7-17-27-35/h3-28,39,41,44H,29H2,1-2H3,(H,48,50)(H,49,54)/b51-38-/t39?,44-/m0/s1. The molecule has 0 aliphatic carbocycles. The van der Waals surface area contributed by atoms with Gasteiger partial charge in [0.15, 0.2) is 22.1 Å². The molecule has 3 heterocycles. The van der Waals surface area contributed by atoms with Crippen molar-refractivity contribution < 1.29 is 28.8 Å². The Bertz CT molecular complexity index is 2460. The number of ether oxygens (including phenoxy) is 1. The topological polar surface area (TPSA) is 139 Å². The molecule has 0 radical (unpaired) electrons. The van der Waals surface area contributed by atoms with Crippen LogP contribution >= 0.6 is 34.9 Å². The average molecular weight is 866 g/mol. The number of esters is 1. The Kier molecular flexibility index (Phi) is 12.5. The fraction of sp³-hybridized carbons (Fsp3) is 0.149. The Morgan fingerprint density at radius 2 is 1.31 bits per heavy atom. The Balaban J connectivity index is 1.05. The number of fused-ring (bicyclic) bond motifs is 1. The fourth-order valence-corrected chi connectivity index (χ4v) is 10.5. The van der Waals surface area contributed by atoms with Gasteiger partial charge in [0.05, 0.1) is 0 Å². The van der Waals surface area contributed by atoms with Crippen molar-refractivity contribution in [3.63, 3.8) is 0 Å². The van der Waals surface area contributed by atoms with Gasteiger partial charge in [-0.1, -0.05) is 169 Å². The van der Waals surface area contributed by atoms with Crippen LogP contribution in [0.4, 0.5) is 5.13 Å². The molecule has 2 amide bonds. The predicted molar refractivity (Wildman–Crippen MR) is 240 cm³/mol. The van der Waals surface area contributed by atoms with Gasteiger partial charge in [0.2, 0.25) is 0 Å². The van der Waals surface area contributed by atoms with Crippen molar-refractivity contribution in [2.24, 2.45) is 5.16 Å². The van der Waals surface area contributed by atoms with E-state index in [1.165, 1.54) is 42.0 Å². The molecule has 1 saturated heterocycles. The molecule has 2 aliphatic heterocycles. The zero-order valence-corrected chi connectivity index (χ0v) is 35.4. The first kappa shape index (κ1) is 41.3. The Hall–Kier alpha value is -6.48. The number of β-lactam (4-membered cyclic amide) rings is 1. The molecule has 2 N–H and O–H groups in total. The lowest BCUT2D eigenvalue weighted by Gasteiger charge is -2.49. The van der Waals surface area contributed by atoms with Gasteiger partial charge in [-0.2, -0.15) is 0 Å². The summed E-state index contributed by atoms with van der Waals surface area (Å²) in [6, 6.07) is 47.7. The first-order valence-electron chi connectivity index (χ1n) is 19.3. The van der Waals surface area contributed by atoms with E-state index in [-0.39, 0.29) is 28.0 Å². The summed E-state index contributed by atoms with van der Waals surface area (Å²) >= 11 is 3.51. The molecule has 1 fully saturated rings. The number of carbonyl (C=O) groups is 4. The second-order valence-corrected chi connectivity index (χ2v) is 17.2. The maximum absolute atomic E-state index is 14.2. The van der Waals surface area contributed by atoms with E-state index in [1.54, 1.807) is 5.38 Å². The summed E-state index contributed by atoms with van der Waals surface area (Å²) in [7, 11) is 1.33. The first-order valence-corrected chi connectivity index (χ1v) is 22.0. The van der Waals surface area contributed by atoms with Gasteiger partial charge in [0.25, 0.3) is 11.8 Å². The number of benzene rings is 5. The third-order valence-electron chi connectivity index (χ3n) is 10.2. The molecular formula is C47H39N5O6S3. The molecule has 11 nitrogen and oxygen atoms in total. The molecule has 8 rings (SSSR count). The number of nitrogens with one attached hydrogen (secondary N) is 2. The molecule has 1 unspecified atom stereocenters. The van der Waals surface area contributed by atoms with Crippen LogP contribution in [-0.4, -0.2) is 62.8 Å². The van der Waals surface area contributed by atoms with Gasteiger partial charge in [-0.05, 0) is 27.8 Å². The second-order valence-electron chi connectivity index (χ2n) is 14.0. The van der Waals surface area contributed by atoms with Gasteiger partial charge < -0.3 is 20.2 Å². The summed E-state index contributed by atoms with van der Waals surface area (Å²) in [5.74, 6) is -1.75. The Morgan fingerprint density at radius 1 is 0.803 bits per heavy atom. The van der Waals surface area contributed by atoms with Gasteiger partial charge in [-0.25, -0.2) is 9.78 Å². The van der Waals surface area contributed by atoms with Gasteiger partial charge in [0.1, 0.15) is 35.5 Å². The highest BCUT2D eigenvalue weighted by Crippen LogP contribution is 2.45. The van der Waals surface area contributed by atoms with Crippen molar-refractivity contribution in [2.75, 3.05) is 18.2 Å². The molecule has 14 heteroatoms. The van der Waals surface area contributed by atoms with Gasteiger partial charge in [0, 0.05) is 23.0 Å². The number of rotatable bonds is 14. The van der Waals surface area contributed by atoms with Crippen molar-refractivity contribution in [3.05, 3.63) is 201 Å². The van der Waals surface area contributed by atoms with Crippen LogP contribution in [0.15, 0.2) is 173 Å². The van der Waals surface area contributed by atoms with Crippen LogP contribution < -0.4 is 10.6 Å². The van der Waals surface area contributed by atoms with Crippen molar-refractivity contribution >= 4 is 68.6 Å². The summed E-state index contributed by atoms with van der Waals surface area (Å²) in [5.41, 5.74) is 3.61. The van der Waals surface area contributed by atoms with E-state index in [0.29, 0.717) is 10.0 Å². The summed E-state index contributed by atoms with van der Waals surface area (Å²) < 4.78 is 6.18. The molecule has 0 spiro atoms. The number of hydrogen-bond acceptors (Lipinski definition) is 12. The smallest absolute Gasteiger partial charge is 0.356 e. The number of carbonyl (C=O) groups excluding carboxylic acids is 4. The molecule has 2 aliphatic rings. The third-order valence-corrected chi connectivity index (χ3v) is 13.3. The minimum Gasteiger partial charge on any atom is -0.448 e. The van der Waals surface area contributed by atoms with Gasteiger partial charge >= 0.3 is 5.97 Å². The van der Waals surface area contributed by atoms with Crippen LogP contribution in [0.2, 0.25) is 0 Å². The SMILES string of the molecule is CO/N=C(\C(=O)NC1C(=O)N2C(C(=O)OC(c3ccccc3)c3ccccc3)=C(SC(C)=O)CS[C@@H]12)c1csc(NC(c2ccccc2)(c2ccccc2)c2ccccc2)n1. The highest BCUT2D eigenvalue weighted by Gasteiger charge is 2.55. The monoisotopic (exact) mass is 865 g/mol. The number of aromatic nitrogens is 1. The van der Waals surface area contributed by atoms with E-state index >= 15 is 0 Å². The molecule has 2 atom stereocenters. The first-order chi connectivity index (χ1) is 29.8. The fourth-order valence-electron chi connectivity index (χ4n) is 7.47. The quantitative estimate of drug-likeness (QED) is 0.0363. The number of oxime groups is 1. The van der Waals surface area contributed by atoms with Gasteiger partial charge in [-0.3, -0.25) is 19.3 Å². The van der Waals surface area contributed by atoms with Crippen molar-refractivity contribution in [1.29, 1.82) is 0 Å². The average Bonchev–Trinajstić information content (AvgIpc) is 3.77. The van der Waals surface area contributed by atoms with Crippen LogP contribution in [-0.2, 0) is 34.3 Å². The Morgan fingerprint density at radius 3 is 1.80 bits per heavy atom. The van der Waals surface area contributed by atoms with E-state index in [4.69, 9.17) is 14.6 Å². The maximum atomic E-state index is 14.2. The summed E-state index contributed by atoms with van der Waals surface area (Å²) in [6.07, 6.45) is -0.783. The van der Waals surface area contributed by atoms with Crippen LogP contribution in [0.1, 0.15) is 46.5 Å². The lowest BCUT2D eigenvalue weighted by atomic mass is 9.77. The Labute approximate surface area is 365 Å². The number of nitrogens with zero attached hydrogens (tertiary/aromatic N) is 3. The summed E-state index contributed by atoms with van der Waals surface area (Å²) in [6.45, 7) is 1.40. The minimum atomic E-state index is -1.02. The van der Waals surface area contributed by atoms with E-state index in [1.807, 2.05) is 115 Å². The van der Waals surface area contributed by atoms with Crippen LogP contribution in [0, 0.1) is 0 Å². The minimum absolute atomic E-state index is 0.0176. The number of hydrogen-bond donors (Lipinski definition) is 2. The number of thioether (sulfide) groups is 2. The molecule has 5 aromatic carbocycles. The molecule has 61 heavy (non-hydrogen) atoms. The second kappa shape index (κ2) is 18.4. The highest BCUT2D eigenvalue weighted by atomic mass is 32.2. The molecule has 306 valence electrons. The van der Waals surface area contributed by atoms with Crippen LogP contribution in [0.3, 0.4) is 0 Å². The van der Waals surface area contributed by atoms with E-state index in [0.717, 1.165) is 39.6 Å². The number of thiazole rings is 1. The van der Waals surface area contributed by atoms with E-state index in [9.17, 15) is 19.2 Å². The van der Waals surface area contributed by atoms with E-state index < -0.39 is 40.8 Å². The van der Waals surface area contributed by atoms with Crippen LogP contribution in [0.5, 0.6) is 0 Å². The highest BCUT2D eigenvalue weighted by molar-refractivity contribution is 8.17. The predicted octanol–water partition coefficient (Wildman–Crippen LogP) is 8.12. The maximum Gasteiger partial charge on any atom is 0.356 e. The molecule has 6 aromatic rings. The third kappa shape index (κ3) is 8.47. The zero-order valence-electron chi connectivity index (χ0n) is 33.0. The lowest BCUT2D eigenvalue weighted by Crippen LogP contribution is -2.71. The normalized spacial score (nSPS) is 16.3. The summed E-state index contributed by atoms with van der Waals surface area (Å²) in [4.78, 5) is 66.4. The zero-order chi connectivity index (χ0) is 42.3. The molecule has 0 bridgehead atoms. The number of anilines is 1. The van der Waals surface area contributed by atoms with Crippen molar-refractivity contribution in [1.82, 2.24) is 15.2 Å². The number of amides is 2. The molecule has 0 saturated carbocycles.